The summed E-state index contributed by atoms with van der Waals surface area (Å²) in [5.41, 5.74) is 0.0582. The van der Waals surface area contributed by atoms with E-state index in [1.807, 2.05) is 19.2 Å². The van der Waals surface area contributed by atoms with Crippen LogP contribution in [0.4, 0.5) is 0 Å². The molecule has 1 rings (SSSR count). The maximum Gasteiger partial charge on any atom is 0.360 e. The zero-order valence-corrected chi connectivity index (χ0v) is 16.5. The van der Waals surface area contributed by atoms with Crippen LogP contribution < -0.4 is 0 Å². The van der Waals surface area contributed by atoms with Crippen LogP contribution in [0.25, 0.3) is 0 Å². The first-order chi connectivity index (χ1) is 12.4. The Bertz CT molecular complexity index is 626. The van der Waals surface area contributed by atoms with Crippen LogP contribution in [0.5, 0.6) is 0 Å². The zero-order chi connectivity index (χ0) is 19.5. The highest BCUT2D eigenvalue weighted by atomic mass is 32.1. The van der Waals surface area contributed by atoms with Crippen LogP contribution in [0, 0.1) is 5.92 Å². The number of hydrogen-bond acceptors (Lipinski definition) is 7. The van der Waals surface area contributed by atoms with Crippen LogP contribution in [0.3, 0.4) is 0 Å². The Morgan fingerprint density at radius 3 is 2.42 bits per heavy atom. The molecule has 0 saturated carbocycles. The van der Waals surface area contributed by atoms with Gasteiger partial charge in [0.2, 0.25) is 0 Å². The molecular weight excluding hydrogens is 356 g/mol. The Hall–Kier alpha value is -2.22. The molecule has 1 aromatic heterocycles. The van der Waals surface area contributed by atoms with E-state index in [2.05, 4.69) is 5.10 Å². The summed E-state index contributed by atoms with van der Waals surface area (Å²) in [5.74, 6) is -1.40. The van der Waals surface area contributed by atoms with E-state index in [-0.39, 0.29) is 18.9 Å². The van der Waals surface area contributed by atoms with Crippen molar-refractivity contribution >= 4 is 34.9 Å². The van der Waals surface area contributed by atoms with E-state index in [1.54, 1.807) is 26.0 Å². The van der Waals surface area contributed by atoms with E-state index in [9.17, 15) is 14.4 Å². The molecule has 0 fully saturated rings. The van der Waals surface area contributed by atoms with Crippen molar-refractivity contribution < 1.29 is 23.9 Å². The molecule has 7 nitrogen and oxygen atoms in total. The summed E-state index contributed by atoms with van der Waals surface area (Å²) in [6, 6.07) is 3.52. The van der Waals surface area contributed by atoms with Crippen LogP contribution in [0.2, 0.25) is 0 Å². The molecule has 0 radical (unpaired) electrons. The molecule has 1 amide bonds. The largest absolute Gasteiger partial charge is 0.466 e. The predicted octanol–water partition coefficient (Wildman–Crippen LogP) is 2.84. The van der Waals surface area contributed by atoms with Gasteiger partial charge in [0.25, 0.3) is 5.91 Å². The van der Waals surface area contributed by atoms with Gasteiger partial charge in [-0.25, -0.2) is 9.80 Å². The maximum absolute atomic E-state index is 12.5. The Kier molecular flexibility index (Phi) is 9.57. The highest BCUT2D eigenvalue weighted by molar-refractivity contribution is 7.13. The maximum atomic E-state index is 12.5. The smallest absolute Gasteiger partial charge is 0.360 e. The lowest BCUT2D eigenvalue weighted by Crippen LogP contribution is -2.33. The normalized spacial score (nSPS) is 11.3. The third-order valence-electron chi connectivity index (χ3n) is 3.25. The molecule has 0 N–H and O–H groups in total. The number of esters is 2. The molecule has 0 bridgehead atoms. The average molecular weight is 382 g/mol. The molecule has 0 spiro atoms. The highest BCUT2D eigenvalue weighted by Crippen LogP contribution is 2.14. The second kappa shape index (κ2) is 11.4. The number of ether oxygens (including phenoxy) is 2. The van der Waals surface area contributed by atoms with Gasteiger partial charge in [0.05, 0.1) is 18.1 Å². The Morgan fingerprint density at radius 1 is 1.19 bits per heavy atom. The van der Waals surface area contributed by atoms with Crippen LogP contribution in [0.1, 0.15) is 45.4 Å². The average Bonchev–Trinajstić information content (AvgIpc) is 3.09. The van der Waals surface area contributed by atoms with Gasteiger partial charge in [-0.3, -0.25) is 9.59 Å². The van der Waals surface area contributed by atoms with E-state index in [0.717, 1.165) is 0 Å². The molecule has 0 aliphatic carbocycles. The lowest BCUT2D eigenvalue weighted by Gasteiger charge is -2.19. The van der Waals surface area contributed by atoms with Gasteiger partial charge in [0.15, 0.2) is 5.71 Å². The van der Waals surface area contributed by atoms with Crippen molar-refractivity contribution in [1.82, 2.24) is 5.01 Å². The fourth-order valence-corrected chi connectivity index (χ4v) is 2.66. The number of carbonyl (C=O) groups excluding carboxylic acids is 3. The van der Waals surface area contributed by atoms with Gasteiger partial charge in [-0.05, 0) is 37.6 Å². The molecule has 0 aromatic carbocycles. The minimum Gasteiger partial charge on any atom is -0.466 e. The molecular formula is C18H26N2O5S. The second-order valence-electron chi connectivity index (χ2n) is 5.83. The van der Waals surface area contributed by atoms with Crippen molar-refractivity contribution in [2.75, 3.05) is 19.8 Å². The standard InChI is InChI=1S/C18H26N2O5S/c1-5-24-16(22)12-15(21)20(10-9-13(3)4)19-17(18(23)25-6-2)14-8-7-11-26-14/h7-8,11,13H,5-6,9-10,12H2,1-4H3/b19-17-. The zero-order valence-electron chi connectivity index (χ0n) is 15.7. The fraction of sp³-hybridized carbons (Fsp3) is 0.556. The summed E-state index contributed by atoms with van der Waals surface area (Å²) in [4.78, 5) is 37.0. The van der Waals surface area contributed by atoms with Crippen molar-refractivity contribution in [1.29, 1.82) is 0 Å². The third-order valence-corrected chi connectivity index (χ3v) is 4.13. The number of amides is 1. The minimum absolute atomic E-state index is 0.0582. The second-order valence-corrected chi connectivity index (χ2v) is 6.78. The third kappa shape index (κ3) is 7.35. The number of carbonyl (C=O) groups is 3. The molecule has 0 aliphatic heterocycles. The molecule has 0 atom stereocenters. The number of thiophene rings is 1. The van der Waals surface area contributed by atoms with Crippen LogP contribution in [-0.2, 0) is 23.9 Å². The number of rotatable bonds is 10. The molecule has 0 unspecified atom stereocenters. The van der Waals surface area contributed by atoms with Gasteiger partial charge in [0, 0.05) is 6.54 Å². The monoisotopic (exact) mass is 382 g/mol. The number of nitrogens with zero attached hydrogens (tertiary/aromatic N) is 2. The van der Waals surface area contributed by atoms with Gasteiger partial charge in [-0.15, -0.1) is 11.3 Å². The number of hydrazone groups is 1. The molecule has 0 aliphatic rings. The van der Waals surface area contributed by atoms with Gasteiger partial charge in [0.1, 0.15) is 6.42 Å². The lowest BCUT2D eigenvalue weighted by molar-refractivity contribution is -0.148. The molecule has 1 aromatic rings. The van der Waals surface area contributed by atoms with Crippen molar-refractivity contribution in [2.45, 2.75) is 40.5 Å². The minimum atomic E-state index is -0.615. The van der Waals surface area contributed by atoms with E-state index in [4.69, 9.17) is 9.47 Å². The molecule has 0 saturated heterocycles. The van der Waals surface area contributed by atoms with Gasteiger partial charge in [-0.1, -0.05) is 19.9 Å². The van der Waals surface area contributed by atoms with E-state index < -0.39 is 24.3 Å². The SMILES string of the molecule is CCOC(=O)CC(=O)N(CCC(C)C)/N=C(\C(=O)OCC)c1cccs1. The summed E-state index contributed by atoms with van der Waals surface area (Å²) in [6.45, 7) is 8.10. The van der Waals surface area contributed by atoms with E-state index in [0.29, 0.717) is 23.8 Å². The first-order valence-electron chi connectivity index (χ1n) is 8.64. The van der Waals surface area contributed by atoms with Crippen molar-refractivity contribution in [2.24, 2.45) is 11.0 Å². The van der Waals surface area contributed by atoms with Crippen LogP contribution in [-0.4, -0.2) is 48.3 Å². The molecule has 144 valence electrons. The first-order valence-corrected chi connectivity index (χ1v) is 9.52. The molecule has 8 heteroatoms. The summed E-state index contributed by atoms with van der Waals surface area (Å²) < 4.78 is 9.89. The lowest BCUT2D eigenvalue weighted by atomic mass is 10.1. The van der Waals surface area contributed by atoms with Crippen molar-refractivity contribution in [3.8, 4) is 0 Å². The van der Waals surface area contributed by atoms with Crippen LogP contribution in [0.15, 0.2) is 22.6 Å². The summed E-state index contributed by atoms with van der Waals surface area (Å²) in [6.07, 6.45) is 0.259. The Balaban J connectivity index is 3.11. The van der Waals surface area contributed by atoms with Crippen molar-refractivity contribution in [3.63, 3.8) is 0 Å². The molecule has 1 heterocycles. The number of hydrogen-bond donors (Lipinski definition) is 0. The van der Waals surface area contributed by atoms with E-state index >= 15 is 0 Å². The highest BCUT2D eigenvalue weighted by Gasteiger charge is 2.23. The molecule has 26 heavy (non-hydrogen) atoms. The first kappa shape index (κ1) is 21.8. The summed E-state index contributed by atoms with van der Waals surface area (Å²) >= 11 is 1.32. The predicted molar refractivity (Wildman–Crippen MR) is 99.9 cm³/mol. The topological polar surface area (TPSA) is 85.3 Å². The van der Waals surface area contributed by atoms with Crippen molar-refractivity contribution in [3.05, 3.63) is 22.4 Å². The fourth-order valence-electron chi connectivity index (χ4n) is 1.96. The van der Waals surface area contributed by atoms with Crippen LogP contribution >= 0.6 is 11.3 Å². The summed E-state index contributed by atoms with van der Waals surface area (Å²) in [7, 11) is 0. The summed E-state index contributed by atoms with van der Waals surface area (Å²) in [5, 5.41) is 7.23. The Labute approximate surface area is 158 Å². The van der Waals surface area contributed by atoms with Gasteiger partial charge < -0.3 is 9.47 Å². The van der Waals surface area contributed by atoms with Gasteiger partial charge in [-0.2, -0.15) is 5.10 Å². The van der Waals surface area contributed by atoms with E-state index in [1.165, 1.54) is 16.3 Å². The van der Waals surface area contributed by atoms with Gasteiger partial charge >= 0.3 is 11.9 Å². The Morgan fingerprint density at radius 2 is 1.88 bits per heavy atom. The quantitative estimate of drug-likeness (QED) is 0.269.